The molecule has 4 aromatic rings. The summed E-state index contributed by atoms with van der Waals surface area (Å²) in [5.74, 6) is 0.316. The number of hydrogen-bond acceptors (Lipinski definition) is 5. The lowest BCUT2D eigenvalue weighted by Gasteiger charge is -2.25. The van der Waals surface area contributed by atoms with Gasteiger partial charge in [-0.3, -0.25) is 9.59 Å². The molecule has 8 heteroatoms. The number of nitrogens with one attached hydrogen (secondary N) is 1. The zero-order valence-electron chi connectivity index (χ0n) is 17.5. The number of rotatable bonds is 6. The zero-order valence-corrected chi connectivity index (χ0v) is 17.5. The second kappa shape index (κ2) is 8.76. The number of nitrogens with zero attached hydrogens (tertiary/aromatic N) is 4. The Labute approximate surface area is 184 Å². The van der Waals surface area contributed by atoms with Crippen LogP contribution in [0.5, 0.6) is 0 Å². The molecule has 1 fully saturated rings. The van der Waals surface area contributed by atoms with Crippen molar-refractivity contribution in [3.8, 4) is 5.69 Å². The van der Waals surface area contributed by atoms with Crippen LogP contribution in [-0.4, -0.2) is 49.8 Å². The number of fused-ring (bicyclic) bond motifs is 1. The lowest BCUT2D eigenvalue weighted by atomic mass is 10.1. The summed E-state index contributed by atoms with van der Waals surface area (Å²) in [4.78, 5) is 35.0. The van der Waals surface area contributed by atoms with Gasteiger partial charge in [-0.1, -0.05) is 12.1 Å². The first-order chi connectivity index (χ1) is 15.7. The van der Waals surface area contributed by atoms with E-state index in [9.17, 15) is 9.59 Å². The van der Waals surface area contributed by atoms with Crippen molar-refractivity contribution < 1.29 is 9.53 Å². The van der Waals surface area contributed by atoms with E-state index in [2.05, 4.69) is 15.1 Å². The molecule has 1 atom stereocenters. The van der Waals surface area contributed by atoms with E-state index in [1.54, 1.807) is 46.1 Å². The topological polar surface area (TPSA) is 93.1 Å². The largest absolute Gasteiger partial charge is 0.376 e. The highest BCUT2D eigenvalue weighted by Crippen LogP contribution is 2.18. The van der Waals surface area contributed by atoms with E-state index in [-0.39, 0.29) is 24.1 Å². The molecule has 1 N–H and O–H groups in total. The molecule has 1 unspecified atom stereocenters. The fourth-order valence-electron chi connectivity index (χ4n) is 4.00. The molecule has 162 valence electrons. The molecular formula is C24H23N5O3. The molecule has 1 saturated heterocycles. The first-order valence-electron chi connectivity index (χ1n) is 10.7. The first kappa shape index (κ1) is 20.1. The minimum absolute atomic E-state index is 0.0190. The third kappa shape index (κ3) is 4.17. The molecule has 2 aromatic heterocycles. The smallest absolute Gasteiger partial charge is 0.258 e. The highest BCUT2D eigenvalue weighted by atomic mass is 16.5. The molecule has 1 amide bonds. The molecule has 0 radical (unpaired) electrons. The van der Waals surface area contributed by atoms with Gasteiger partial charge in [-0.05, 0) is 55.3 Å². The molecule has 32 heavy (non-hydrogen) atoms. The van der Waals surface area contributed by atoms with Crippen molar-refractivity contribution in [2.24, 2.45) is 0 Å². The highest BCUT2D eigenvalue weighted by molar-refractivity contribution is 5.94. The van der Waals surface area contributed by atoms with Gasteiger partial charge in [0, 0.05) is 31.1 Å². The summed E-state index contributed by atoms with van der Waals surface area (Å²) in [5.41, 5.74) is 1.83. The maximum absolute atomic E-state index is 13.4. The van der Waals surface area contributed by atoms with E-state index in [1.807, 2.05) is 30.5 Å². The van der Waals surface area contributed by atoms with Crippen molar-refractivity contribution in [2.45, 2.75) is 25.5 Å². The van der Waals surface area contributed by atoms with E-state index < -0.39 is 0 Å². The van der Waals surface area contributed by atoms with Crippen LogP contribution in [0.4, 0.5) is 0 Å². The Morgan fingerprint density at radius 1 is 1.16 bits per heavy atom. The quantitative estimate of drug-likeness (QED) is 0.509. The van der Waals surface area contributed by atoms with Crippen molar-refractivity contribution in [3.05, 3.63) is 88.7 Å². The van der Waals surface area contributed by atoms with Crippen molar-refractivity contribution in [3.63, 3.8) is 0 Å². The zero-order chi connectivity index (χ0) is 21.9. The van der Waals surface area contributed by atoms with Gasteiger partial charge in [0.05, 0.1) is 29.2 Å². The number of carbonyl (C=O) groups excluding carboxylic acids is 1. The van der Waals surface area contributed by atoms with Crippen LogP contribution in [0.1, 0.15) is 29.0 Å². The number of aromatic nitrogens is 4. The number of amides is 1. The highest BCUT2D eigenvalue weighted by Gasteiger charge is 2.24. The average Bonchev–Trinajstić information content (AvgIpc) is 3.53. The van der Waals surface area contributed by atoms with Crippen molar-refractivity contribution in [1.29, 1.82) is 0 Å². The van der Waals surface area contributed by atoms with E-state index >= 15 is 0 Å². The van der Waals surface area contributed by atoms with Crippen LogP contribution in [0, 0.1) is 0 Å². The SMILES string of the molecule is O=C(c1ccc(-n2cccn2)cc1)N(Cc1nc2ccccc2c(=O)[nH]1)CC1CCCO1. The Bertz CT molecular complexity index is 1280. The van der Waals surface area contributed by atoms with E-state index in [4.69, 9.17) is 4.74 Å². The number of para-hydroxylation sites is 1. The Kier molecular flexibility index (Phi) is 5.51. The molecule has 0 aliphatic carbocycles. The van der Waals surface area contributed by atoms with Crippen LogP contribution < -0.4 is 5.56 Å². The Morgan fingerprint density at radius 2 is 2.00 bits per heavy atom. The lowest BCUT2D eigenvalue weighted by molar-refractivity contribution is 0.0501. The van der Waals surface area contributed by atoms with Crippen LogP contribution in [0.25, 0.3) is 16.6 Å². The second-order valence-electron chi connectivity index (χ2n) is 7.85. The van der Waals surface area contributed by atoms with Crippen LogP contribution in [0.3, 0.4) is 0 Å². The van der Waals surface area contributed by atoms with E-state index in [0.29, 0.717) is 35.4 Å². The molecule has 1 aliphatic heterocycles. The molecule has 0 bridgehead atoms. The van der Waals surface area contributed by atoms with E-state index in [0.717, 1.165) is 18.5 Å². The number of ether oxygens (including phenoxy) is 1. The number of aromatic amines is 1. The van der Waals surface area contributed by atoms with Crippen molar-refractivity contribution in [2.75, 3.05) is 13.2 Å². The van der Waals surface area contributed by atoms with Gasteiger partial charge in [-0.2, -0.15) is 5.10 Å². The fraction of sp³-hybridized carbons (Fsp3) is 0.250. The summed E-state index contributed by atoms with van der Waals surface area (Å²) < 4.78 is 7.51. The third-order valence-electron chi connectivity index (χ3n) is 5.62. The third-order valence-corrected chi connectivity index (χ3v) is 5.62. The predicted molar refractivity (Wildman–Crippen MR) is 120 cm³/mol. The Morgan fingerprint density at radius 3 is 2.75 bits per heavy atom. The molecule has 2 aromatic carbocycles. The standard InChI is InChI=1S/C24H23N5O3/c30-23-20-6-1-2-7-21(20)26-22(27-23)16-28(15-19-5-3-14-32-19)24(31)17-8-10-18(11-9-17)29-13-4-12-25-29/h1-2,4,6-13,19H,3,5,14-16H2,(H,26,27,30). The minimum Gasteiger partial charge on any atom is -0.376 e. The molecule has 8 nitrogen and oxygen atoms in total. The fourth-order valence-corrected chi connectivity index (χ4v) is 4.00. The normalized spacial score (nSPS) is 15.8. The van der Waals surface area contributed by atoms with Crippen molar-refractivity contribution in [1.82, 2.24) is 24.6 Å². The monoisotopic (exact) mass is 429 g/mol. The van der Waals surface area contributed by atoms with Gasteiger partial charge in [-0.15, -0.1) is 0 Å². The number of carbonyl (C=O) groups is 1. The Balaban J connectivity index is 1.42. The minimum atomic E-state index is -0.210. The van der Waals surface area contributed by atoms with Gasteiger partial charge in [0.2, 0.25) is 0 Å². The number of H-pyrrole nitrogens is 1. The van der Waals surface area contributed by atoms with Gasteiger partial charge < -0.3 is 14.6 Å². The van der Waals surface area contributed by atoms with Crippen molar-refractivity contribution >= 4 is 16.8 Å². The average molecular weight is 429 g/mol. The van der Waals surface area contributed by atoms with Crippen LogP contribution in [0.2, 0.25) is 0 Å². The van der Waals surface area contributed by atoms with Crippen LogP contribution in [0.15, 0.2) is 71.8 Å². The summed E-state index contributed by atoms with van der Waals surface area (Å²) >= 11 is 0. The molecular weight excluding hydrogens is 406 g/mol. The van der Waals surface area contributed by atoms with Gasteiger partial charge in [-0.25, -0.2) is 9.67 Å². The second-order valence-corrected chi connectivity index (χ2v) is 7.85. The van der Waals surface area contributed by atoms with Gasteiger partial charge in [0.15, 0.2) is 0 Å². The summed E-state index contributed by atoms with van der Waals surface area (Å²) in [5, 5.41) is 4.75. The molecule has 5 rings (SSSR count). The number of hydrogen-bond donors (Lipinski definition) is 1. The van der Waals surface area contributed by atoms with Crippen LogP contribution in [-0.2, 0) is 11.3 Å². The molecule has 0 saturated carbocycles. The first-order valence-corrected chi connectivity index (χ1v) is 10.7. The lowest BCUT2D eigenvalue weighted by Crippen LogP contribution is -2.37. The predicted octanol–water partition coefficient (Wildman–Crippen LogP) is 2.93. The van der Waals surface area contributed by atoms with E-state index in [1.165, 1.54) is 0 Å². The van der Waals surface area contributed by atoms with Crippen LogP contribution >= 0.6 is 0 Å². The van der Waals surface area contributed by atoms with Gasteiger partial charge in [0.1, 0.15) is 5.82 Å². The summed E-state index contributed by atoms with van der Waals surface area (Å²) in [6.07, 6.45) is 5.43. The Hall–Kier alpha value is -3.78. The molecule has 1 aliphatic rings. The number of benzene rings is 2. The summed E-state index contributed by atoms with van der Waals surface area (Å²) in [6, 6.07) is 16.3. The maximum Gasteiger partial charge on any atom is 0.258 e. The van der Waals surface area contributed by atoms with Gasteiger partial charge in [0.25, 0.3) is 11.5 Å². The molecule has 3 heterocycles. The summed E-state index contributed by atoms with van der Waals surface area (Å²) in [7, 11) is 0. The molecule has 0 spiro atoms. The van der Waals surface area contributed by atoms with Gasteiger partial charge >= 0.3 is 0 Å². The summed E-state index contributed by atoms with van der Waals surface area (Å²) in [6.45, 7) is 1.34. The maximum atomic E-state index is 13.4.